The normalized spacial score (nSPS) is 15.2. The molecule has 30 heavy (non-hydrogen) atoms. The van der Waals surface area contributed by atoms with E-state index in [0.717, 1.165) is 12.8 Å². The van der Waals surface area contributed by atoms with E-state index in [9.17, 15) is 14.0 Å². The van der Waals surface area contributed by atoms with Crippen molar-refractivity contribution >= 4 is 12.0 Å². The fourth-order valence-electron chi connectivity index (χ4n) is 3.54. The summed E-state index contributed by atoms with van der Waals surface area (Å²) in [6, 6.07) is 6.35. The summed E-state index contributed by atoms with van der Waals surface area (Å²) in [5.74, 6) is -0.196. The highest BCUT2D eigenvalue weighted by atomic mass is 19.1. The van der Waals surface area contributed by atoms with Crippen molar-refractivity contribution in [3.63, 3.8) is 0 Å². The number of carbonyl (C=O) groups is 2. The number of hydrogen-bond donors (Lipinski definition) is 1. The number of likely N-dealkylation sites (tertiary alicyclic amines) is 1. The zero-order valence-corrected chi connectivity index (χ0v) is 17.9. The van der Waals surface area contributed by atoms with Gasteiger partial charge in [0.15, 0.2) is 0 Å². The molecule has 8 heteroatoms. The minimum absolute atomic E-state index is 0.103. The molecule has 0 saturated carbocycles. The fraction of sp³-hybridized carbons (Fsp3) is 0.500. The summed E-state index contributed by atoms with van der Waals surface area (Å²) in [7, 11) is 0. The van der Waals surface area contributed by atoms with Crippen molar-refractivity contribution in [2.45, 2.75) is 46.1 Å². The third kappa shape index (κ3) is 5.17. The molecule has 1 saturated heterocycles. The van der Waals surface area contributed by atoms with Gasteiger partial charge < -0.3 is 15.0 Å². The highest BCUT2D eigenvalue weighted by Crippen LogP contribution is 2.22. The van der Waals surface area contributed by atoms with Crippen molar-refractivity contribution in [1.82, 2.24) is 20.0 Å². The highest BCUT2D eigenvalue weighted by molar-refractivity contribution is 5.95. The lowest BCUT2D eigenvalue weighted by molar-refractivity contribution is 0.0500. The number of benzene rings is 1. The monoisotopic (exact) mass is 416 g/mol. The largest absolute Gasteiger partial charge is 0.444 e. The van der Waals surface area contributed by atoms with Gasteiger partial charge >= 0.3 is 6.09 Å². The van der Waals surface area contributed by atoms with Crippen LogP contribution in [-0.4, -0.2) is 51.9 Å². The van der Waals surface area contributed by atoms with Crippen LogP contribution in [0.25, 0.3) is 5.69 Å². The summed E-state index contributed by atoms with van der Waals surface area (Å²) >= 11 is 0. The third-order valence-corrected chi connectivity index (χ3v) is 5.16. The lowest BCUT2D eigenvalue weighted by Crippen LogP contribution is -2.42. The zero-order chi connectivity index (χ0) is 21.9. The van der Waals surface area contributed by atoms with Crippen LogP contribution < -0.4 is 5.32 Å². The predicted molar refractivity (Wildman–Crippen MR) is 111 cm³/mol. The molecule has 2 amide bonds. The van der Waals surface area contributed by atoms with Crippen molar-refractivity contribution < 1.29 is 18.7 Å². The Morgan fingerprint density at radius 2 is 1.90 bits per heavy atom. The molecule has 1 aromatic carbocycles. The van der Waals surface area contributed by atoms with E-state index in [-0.39, 0.29) is 11.7 Å². The minimum atomic E-state index is -0.523. The number of hydrogen-bond acceptors (Lipinski definition) is 4. The molecule has 162 valence electrons. The predicted octanol–water partition coefficient (Wildman–Crippen LogP) is 3.70. The number of amides is 2. The fourth-order valence-corrected chi connectivity index (χ4v) is 3.54. The smallest absolute Gasteiger partial charge is 0.407 e. The number of carbonyl (C=O) groups excluding carboxylic acids is 2. The van der Waals surface area contributed by atoms with E-state index >= 15 is 0 Å². The van der Waals surface area contributed by atoms with Gasteiger partial charge in [-0.25, -0.2) is 13.9 Å². The molecule has 1 N–H and O–H groups in total. The van der Waals surface area contributed by atoms with Crippen molar-refractivity contribution in [1.29, 1.82) is 0 Å². The van der Waals surface area contributed by atoms with Crippen LogP contribution >= 0.6 is 0 Å². The topological polar surface area (TPSA) is 76.5 Å². The van der Waals surface area contributed by atoms with Crippen LogP contribution in [0.2, 0.25) is 0 Å². The van der Waals surface area contributed by atoms with Gasteiger partial charge in [0.1, 0.15) is 17.1 Å². The van der Waals surface area contributed by atoms with Gasteiger partial charge in [-0.1, -0.05) is 12.1 Å². The first kappa shape index (κ1) is 21.8. The molecule has 1 aromatic heterocycles. The van der Waals surface area contributed by atoms with Gasteiger partial charge in [-0.05, 0) is 58.6 Å². The van der Waals surface area contributed by atoms with Gasteiger partial charge in [0.2, 0.25) is 0 Å². The SMILES string of the molecule is Cc1c(C(=O)N2CCC(CNC(=O)OC(C)(C)C)CC2)cnn1-c1ccccc1F. The van der Waals surface area contributed by atoms with Crippen LogP contribution in [-0.2, 0) is 4.74 Å². The maximum atomic E-state index is 14.1. The molecule has 1 aliphatic heterocycles. The van der Waals surface area contributed by atoms with Gasteiger partial charge in [0, 0.05) is 19.6 Å². The Morgan fingerprint density at radius 3 is 2.53 bits per heavy atom. The number of aromatic nitrogens is 2. The van der Waals surface area contributed by atoms with Gasteiger partial charge in [-0.2, -0.15) is 5.10 Å². The molecule has 7 nitrogen and oxygen atoms in total. The first-order chi connectivity index (χ1) is 14.2. The maximum Gasteiger partial charge on any atom is 0.407 e. The third-order valence-electron chi connectivity index (χ3n) is 5.16. The highest BCUT2D eigenvalue weighted by Gasteiger charge is 2.27. The first-order valence-electron chi connectivity index (χ1n) is 10.2. The summed E-state index contributed by atoms with van der Waals surface area (Å²) in [4.78, 5) is 26.6. The molecular weight excluding hydrogens is 387 g/mol. The van der Waals surface area contributed by atoms with Gasteiger partial charge in [-0.15, -0.1) is 0 Å². The lowest BCUT2D eigenvalue weighted by atomic mass is 9.96. The number of alkyl carbamates (subject to hydrolysis) is 1. The summed E-state index contributed by atoms with van der Waals surface area (Å²) in [5.41, 5.74) is 0.883. The second-order valence-corrected chi connectivity index (χ2v) is 8.63. The summed E-state index contributed by atoms with van der Waals surface area (Å²) in [6.07, 6.45) is 2.67. The number of nitrogens with one attached hydrogen (secondary N) is 1. The molecule has 0 bridgehead atoms. The maximum absolute atomic E-state index is 14.1. The van der Waals surface area contributed by atoms with Crippen LogP contribution in [0, 0.1) is 18.7 Å². The van der Waals surface area contributed by atoms with E-state index in [1.165, 1.54) is 16.9 Å². The molecule has 0 atom stereocenters. The second kappa shape index (κ2) is 8.85. The number of para-hydroxylation sites is 1. The average Bonchev–Trinajstić information content (AvgIpc) is 3.06. The van der Waals surface area contributed by atoms with E-state index in [0.29, 0.717) is 42.5 Å². The summed E-state index contributed by atoms with van der Waals surface area (Å²) in [6.45, 7) is 8.98. The minimum Gasteiger partial charge on any atom is -0.444 e. The van der Waals surface area contributed by atoms with Crippen LogP contribution in [0.5, 0.6) is 0 Å². The van der Waals surface area contributed by atoms with Crippen LogP contribution in [0.15, 0.2) is 30.5 Å². The first-order valence-corrected chi connectivity index (χ1v) is 10.2. The number of halogens is 1. The molecule has 3 rings (SSSR count). The molecule has 0 unspecified atom stereocenters. The second-order valence-electron chi connectivity index (χ2n) is 8.63. The molecule has 0 radical (unpaired) electrons. The number of rotatable bonds is 4. The Morgan fingerprint density at radius 1 is 1.23 bits per heavy atom. The Kier molecular flexibility index (Phi) is 6.43. The Hall–Kier alpha value is -2.90. The lowest BCUT2D eigenvalue weighted by Gasteiger charge is -2.32. The Balaban J connectivity index is 1.56. The molecule has 1 fully saturated rings. The van der Waals surface area contributed by atoms with Gasteiger partial charge in [0.25, 0.3) is 5.91 Å². The number of piperidine rings is 1. The summed E-state index contributed by atoms with van der Waals surface area (Å²) in [5, 5.41) is 7.03. The van der Waals surface area contributed by atoms with E-state index in [4.69, 9.17) is 4.74 Å². The quantitative estimate of drug-likeness (QED) is 0.825. The van der Waals surface area contributed by atoms with E-state index in [2.05, 4.69) is 10.4 Å². The Labute approximate surface area is 176 Å². The van der Waals surface area contributed by atoms with Crippen molar-refractivity contribution in [3.8, 4) is 5.69 Å². The summed E-state index contributed by atoms with van der Waals surface area (Å²) < 4.78 is 20.8. The van der Waals surface area contributed by atoms with Crippen molar-refractivity contribution in [2.24, 2.45) is 5.92 Å². The van der Waals surface area contributed by atoms with E-state index < -0.39 is 11.7 Å². The van der Waals surface area contributed by atoms with Crippen molar-refractivity contribution in [3.05, 3.63) is 47.5 Å². The number of ether oxygens (including phenoxy) is 1. The standard InChI is InChI=1S/C22H29FN4O3/c1-15-17(14-25-27(15)19-8-6-5-7-18(19)23)20(28)26-11-9-16(10-12-26)13-24-21(29)30-22(2,3)4/h5-8,14,16H,9-13H2,1-4H3,(H,24,29). The molecular formula is C22H29FN4O3. The zero-order valence-electron chi connectivity index (χ0n) is 17.9. The molecule has 0 spiro atoms. The molecule has 0 aliphatic carbocycles. The van der Waals surface area contributed by atoms with Crippen molar-refractivity contribution in [2.75, 3.05) is 19.6 Å². The van der Waals surface area contributed by atoms with E-state index in [1.54, 1.807) is 30.0 Å². The van der Waals surface area contributed by atoms with E-state index in [1.807, 2.05) is 20.8 Å². The van der Waals surface area contributed by atoms with Gasteiger partial charge in [-0.3, -0.25) is 4.79 Å². The molecule has 1 aliphatic rings. The van der Waals surface area contributed by atoms with Crippen LogP contribution in [0.3, 0.4) is 0 Å². The molecule has 2 aromatic rings. The Bertz CT molecular complexity index is 911. The number of nitrogens with zero attached hydrogens (tertiary/aromatic N) is 3. The average molecular weight is 416 g/mol. The van der Waals surface area contributed by atoms with Gasteiger partial charge in [0.05, 0.1) is 17.5 Å². The van der Waals surface area contributed by atoms with Crippen LogP contribution in [0.1, 0.15) is 49.7 Å². The molecule has 2 heterocycles. The van der Waals surface area contributed by atoms with Crippen LogP contribution in [0.4, 0.5) is 9.18 Å².